The van der Waals surface area contributed by atoms with Crippen LogP contribution in [0.2, 0.25) is 0 Å². The lowest BCUT2D eigenvalue weighted by atomic mass is 10.0. The lowest BCUT2D eigenvalue weighted by molar-refractivity contribution is 0.281. The van der Waals surface area contributed by atoms with Gasteiger partial charge < -0.3 is 14.6 Å². The Bertz CT molecular complexity index is 817. The average molecular weight is 256 g/mol. The van der Waals surface area contributed by atoms with E-state index in [2.05, 4.69) is 0 Å². The Labute approximate surface area is 108 Å². The van der Waals surface area contributed by atoms with Crippen LogP contribution in [0.25, 0.3) is 21.7 Å². The van der Waals surface area contributed by atoms with Gasteiger partial charge in [-0.25, -0.2) is 4.79 Å². The topological polar surface area (TPSA) is 70.7 Å². The minimum absolute atomic E-state index is 0.0961. The van der Waals surface area contributed by atoms with E-state index in [-0.39, 0.29) is 13.2 Å². The van der Waals surface area contributed by atoms with Crippen LogP contribution in [-0.2, 0) is 13.2 Å². The van der Waals surface area contributed by atoms with Gasteiger partial charge in [0.05, 0.1) is 18.6 Å². The minimum Gasteiger partial charge on any atom is -0.422 e. The van der Waals surface area contributed by atoms with E-state index >= 15 is 0 Å². The van der Waals surface area contributed by atoms with Crippen LogP contribution in [0.5, 0.6) is 0 Å². The maximum Gasteiger partial charge on any atom is 0.344 e. The molecule has 1 heterocycles. The summed E-state index contributed by atoms with van der Waals surface area (Å²) < 4.78 is 5.27. The van der Waals surface area contributed by atoms with Gasteiger partial charge in [0.2, 0.25) is 0 Å². The van der Waals surface area contributed by atoms with Crippen LogP contribution in [-0.4, -0.2) is 10.2 Å². The molecule has 0 aliphatic heterocycles. The molecule has 0 fully saturated rings. The Morgan fingerprint density at radius 3 is 2.16 bits per heavy atom. The van der Waals surface area contributed by atoms with Gasteiger partial charge in [0.25, 0.3) is 0 Å². The number of rotatable bonds is 2. The van der Waals surface area contributed by atoms with Crippen LogP contribution in [0.3, 0.4) is 0 Å². The highest BCUT2D eigenvalue weighted by molar-refractivity contribution is 6.04. The van der Waals surface area contributed by atoms with E-state index < -0.39 is 5.63 Å². The lowest BCUT2D eigenvalue weighted by Crippen LogP contribution is -2.01. The van der Waals surface area contributed by atoms with E-state index in [9.17, 15) is 4.79 Å². The van der Waals surface area contributed by atoms with Gasteiger partial charge in [-0.15, -0.1) is 0 Å². The molecule has 19 heavy (non-hydrogen) atoms. The lowest BCUT2D eigenvalue weighted by Gasteiger charge is -2.05. The van der Waals surface area contributed by atoms with E-state index in [0.29, 0.717) is 22.1 Å². The van der Waals surface area contributed by atoms with E-state index in [0.717, 1.165) is 10.8 Å². The molecule has 0 radical (unpaired) electrons. The summed E-state index contributed by atoms with van der Waals surface area (Å²) in [6.07, 6.45) is 0. The molecule has 0 aliphatic rings. The van der Waals surface area contributed by atoms with Gasteiger partial charge in [-0.2, -0.15) is 0 Å². The molecule has 1 aromatic heterocycles. The second-order valence-corrected chi connectivity index (χ2v) is 4.42. The number of benzene rings is 2. The van der Waals surface area contributed by atoms with Gasteiger partial charge in [-0.1, -0.05) is 24.3 Å². The summed E-state index contributed by atoms with van der Waals surface area (Å²) in [5.41, 5.74) is 1.39. The number of aliphatic hydroxyl groups is 2. The third-order valence-corrected chi connectivity index (χ3v) is 3.21. The zero-order valence-electron chi connectivity index (χ0n) is 10.1. The first-order valence-electron chi connectivity index (χ1n) is 5.93. The molecule has 0 amide bonds. The van der Waals surface area contributed by atoms with Crippen molar-refractivity contribution in [1.82, 2.24) is 0 Å². The van der Waals surface area contributed by atoms with E-state index in [1.807, 2.05) is 6.07 Å². The first kappa shape index (κ1) is 11.9. The molecule has 2 aromatic carbocycles. The summed E-state index contributed by atoms with van der Waals surface area (Å²) in [7, 11) is 0. The highest BCUT2D eigenvalue weighted by atomic mass is 16.4. The molecule has 2 N–H and O–H groups in total. The monoisotopic (exact) mass is 256 g/mol. The van der Waals surface area contributed by atoms with Crippen molar-refractivity contribution in [3.8, 4) is 0 Å². The fraction of sp³-hybridized carbons (Fsp3) is 0.133. The summed E-state index contributed by atoms with van der Waals surface area (Å²) in [5, 5.41) is 20.3. The van der Waals surface area contributed by atoms with Crippen molar-refractivity contribution in [2.75, 3.05) is 0 Å². The summed E-state index contributed by atoms with van der Waals surface area (Å²) in [6, 6.07) is 10.5. The summed E-state index contributed by atoms with van der Waals surface area (Å²) in [4.78, 5) is 11.9. The predicted octanol–water partition coefficient (Wildman–Crippen LogP) is 1.93. The molecular weight excluding hydrogens is 244 g/mol. The standard InChI is InChI=1S/C15H12O4/c16-7-9-1-3-11-12-4-2-10(8-17)6-14(12)19-15(18)13(11)5-9/h1-6,16-17H,7-8H2. The van der Waals surface area contributed by atoms with Crippen LogP contribution < -0.4 is 5.63 Å². The second-order valence-electron chi connectivity index (χ2n) is 4.42. The maximum atomic E-state index is 11.9. The quantitative estimate of drug-likeness (QED) is 0.543. The average Bonchev–Trinajstić information content (AvgIpc) is 2.46. The largest absolute Gasteiger partial charge is 0.422 e. The molecule has 0 saturated carbocycles. The smallest absolute Gasteiger partial charge is 0.344 e. The van der Waals surface area contributed by atoms with Crippen LogP contribution in [0.1, 0.15) is 11.1 Å². The molecule has 0 bridgehead atoms. The fourth-order valence-corrected chi connectivity index (χ4v) is 2.22. The van der Waals surface area contributed by atoms with Crippen molar-refractivity contribution >= 4 is 21.7 Å². The highest BCUT2D eigenvalue weighted by Crippen LogP contribution is 2.24. The van der Waals surface area contributed by atoms with Crippen LogP contribution in [0.15, 0.2) is 45.6 Å². The number of fused-ring (bicyclic) bond motifs is 3. The Hall–Kier alpha value is -2.17. The van der Waals surface area contributed by atoms with Crippen molar-refractivity contribution in [2.24, 2.45) is 0 Å². The van der Waals surface area contributed by atoms with Crippen LogP contribution in [0.4, 0.5) is 0 Å². The molecule has 0 saturated heterocycles. The highest BCUT2D eigenvalue weighted by Gasteiger charge is 2.08. The van der Waals surface area contributed by atoms with E-state index in [1.165, 1.54) is 0 Å². The fourth-order valence-electron chi connectivity index (χ4n) is 2.22. The van der Waals surface area contributed by atoms with Gasteiger partial charge in [0, 0.05) is 5.39 Å². The summed E-state index contributed by atoms with van der Waals surface area (Å²) in [6.45, 7) is -0.210. The number of aliphatic hydroxyl groups excluding tert-OH is 2. The Balaban J connectivity index is 2.43. The van der Waals surface area contributed by atoms with E-state index in [1.54, 1.807) is 30.3 Å². The molecule has 96 valence electrons. The first-order valence-corrected chi connectivity index (χ1v) is 5.93. The van der Waals surface area contributed by atoms with Crippen LogP contribution >= 0.6 is 0 Å². The van der Waals surface area contributed by atoms with Crippen molar-refractivity contribution in [2.45, 2.75) is 13.2 Å². The van der Waals surface area contributed by atoms with Gasteiger partial charge in [0.15, 0.2) is 0 Å². The minimum atomic E-state index is -0.437. The first-order chi connectivity index (χ1) is 9.22. The van der Waals surface area contributed by atoms with Crippen molar-refractivity contribution in [3.05, 3.63) is 57.9 Å². The van der Waals surface area contributed by atoms with E-state index in [4.69, 9.17) is 14.6 Å². The molecule has 0 aliphatic carbocycles. The molecule has 4 nitrogen and oxygen atoms in total. The summed E-state index contributed by atoms with van der Waals surface area (Å²) >= 11 is 0. The molecule has 4 heteroatoms. The van der Waals surface area contributed by atoms with Gasteiger partial charge >= 0.3 is 5.63 Å². The molecule has 3 rings (SSSR count). The normalized spacial score (nSPS) is 11.3. The predicted molar refractivity (Wildman–Crippen MR) is 71.8 cm³/mol. The Kier molecular flexibility index (Phi) is 2.81. The van der Waals surface area contributed by atoms with Crippen LogP contribution in [0, 0.1) is 0 Å². The third kappa shape index (κ3) is 1.91. The number of hydrogen-bond donors (Lipinski definition) is 2. The molecule has 0 spiro atoms. The third-order valence-electron chi connectivity index (χ3n) is 3.21. The second kappa shape index (κ2) is 4.50. The van der Waals surface area contributed by atoms with Crippen molar-refractivity contribution in [3.63, 3.8) is 0 Å². The van der Waals surface area contributed by atoms with Gasteiger partial charge in [0.1, 0.15) is 5.58 Å². The SMILES string of the molecule is O=c1oc2cc(CO)ccc2c2ccc(CO)cc12. The Morgan fingerprint density at radius 1 is 0.842 bits per heavy atom. The zero-order chi connectivity index (χ0) is 13.4. The van der Waals surface area contributed by atoms with Crippen molar-refractivity contribution < 1.29 is 14.6 Å². The molecule has 0 atom stereocenters. The Morgan fingerprint density at radius 2 is 1.47 bits per heavy atom. The van der Waals surface area contributed by atoms with Gasteiger partial charge in [-0.3, -0.25) is 0 Å². The van der Waals surface area contributed by atoms with Crippen molar-refractivity contribution in [1.29, 1.82) is 0 Å². The molecular formula is C15H12O4. The maximum absolute atomic E-state index is 11.9. The molecule has 0 unspecified atom stereocenters. The van der Waals surface area contributed by atoms with Gasteiger partial charge in [-0.05, 0) is 28.6 Å². The molecule has 3 aromatic rings. The summed E-state index contributed by atoms with van der Waals surface area (Å²) in [5.74, 6) is 0. The zero-order valence-corrected chi connectivity index (χ0v) is 10.1. The number of hydrogen-bond acceptors (Lipinski definition) is 4.